The SMILES string of the molecule is c1ccc(-c2ccc(N(c3ccc4oc5cc6nc(-c7ccccc7)oc6cc5c4c3)c3ccc(-c4cccc5ccccc45)c4ccccc34)cc2)cc1. The molecular formula is C51H32N2O2. The van der Waals surface area contributed by atoms with Crippen LogP contribution in [-0.2, 0) is 0 Å². The number of hydrogen-bond donors (Lipinski definition) is 0. The molecule has 0 unspecified atom stereocenters. The first-order valence-electron chi connectivity index (χ1n) is 18.5. The molecule has 9 aromatic carbocycles. The number of aromatic nitrogens is 1. The van der Waals surface area contributed by atoms with Crippen molar-refractivity contribution in [3.8, 4) is 33.7 Å². The topological polar surface area (TPSA) is 42.4 Å². The molecule has 0 saturated carbocycles. The van der Waals surface area contributed by atoms with E-state index in [1.807, 2.05) is 36.4 Å². The molecule has 0 radical (unpaired) electrons. The molecule has 0 N–H and O–H groups in total. The van der Waals surface area contributed by atoms with Gasteiger partial charge in [-0.2, -0.15) is 0 Å². The smallest absolute Gasteiger partial charge is 0.227 e. The van der Waals surface area contributed by atoms with E-state index in [0.717, 1.165) is 61.1 Å². The van der Waals surface area contributed by atoms with Gasteiger partial charge in [0.25, 0.3) is 0 Å². The van der Waals surface area contributed by atoms with Gasteiger partial charge in [0.15, 0.2) is 5.58 Å². The number of benzene rings is 9. The average Bonchev–Trinajstić information content (AvgIpc) is 3.84. The van der Waals surface area contributed by atoms with Crippen molar-refractivity contribution in [2.75, 3.05) is 4.90 Å². The largest absolute Gasteiger partial charge is 0.456 e. The summed E-state index contributed by atoms with van der Waals surface area (Å²) in [7, 11) is 0. The van der Waals surface area contributed by atoms with Crippen LogP contribution in [0.4, 0.5) is 17.1 Å². The van der Waals surface area contributed by atoms with E-state index in [9.17, 15) is 0 Å². The molecule has 0 aliphatic rings. The Balaban J connectivity index is 1.11. The quantitative estimate of drug-likeness (QED) is 0.173. The van der Waals surface area contributed by atoms with E-state index in [1.54, 1.807) is 0 Å². The fourth-order valence-corrected chi connectivity index (χ4v) is 8.06. The molecule has 0 atom stereocenters. The number of rotatable bonds is 6. The van der Waals surface area contributed by atoms with Crippen LogP contribution in [0.5, 0.6) is 0 Å². The lowest BCUT2D eigenvalue weighted by Gasteiger charge is -2.28. The summed E-state index contributed by atoms with van der Waals surface area (Å²) in [6, 6.07) is 68.4. The molecule has 0 aliphatic heterocycles. The lowest BCUT2D eigenvalue weighted by Crippen LogP contribution is -2.10. The summed E-state index contributed by atoms with van der Waals surface area (Å²) in [6.45, 7) is 0. The Labute approximate surface area is 317 Å². The van der Waals surface area contributed by atoms with Crippen molar-refractivity contribution in [1.82, 2.24) is 4.98 Å². The lowest BCUT2D eigenvalue weighted by molar-refractivity contribution is 0.620. The Morgan fingerprint density at radius 1 is 0.364 bits per heavy atom. The van der Waals surface area contributed by atoms with Crippen molar-refractivity contribution < 1.29 is 8.83 Å². The highest BCUT2D eigenvalue weighted by atomic mass is 16.4. The van der Waals surface area contributed by atoms with E-state index >= 15 is 0 Å². The Bertz CT molecular complexity index is 3190. The van der Waals surface area contributed by atoms with Crippen LogP contribution in [0.15, 0.2) is 203 Å². The summed E-state index contributed by atoms with van der Waals surface area (Å²) in [5.41, 5.74) is 12.0. The highest BCUT2D eigenvalue weighted by molar-refractivity contribution is 6.12. The molecule has 0 bridgehead atoms. The van der Waals surface area contributed by atoms with Crippen LogP contribution in [0, 0.1) is 0 Å². The number of anilines is 3. The first-order chi connectivity index (χ1) is 27.2. The lowest BCUT2D eigenvalue weighted by atomic mass is 9.93. The second kappa shape index (κ2) is 12.6. The Morgan fingerprint density at radius 2 is 1.00 bits per heavy atom. The van der Waals surface area contributed by atoms with Gasteiger partial charge < -0.3 is 13.7 Å². The molecule has 0 aliphatic carbocycles. The van der Waals surface area contributed by atoms with Crippen LogP contribution in [0.25, 0.3) is 88.3 Å². The van der Waals surface area contributed by atoms with Crippen molar-refractivity contribution >= 4 is 71.6 Å². The number of fused-ring (bicyclic) bond motifs is 6. The van der Waals surface area contributed by atoms with E-state index in [-0.39, 0.29) is 0 Å². The third kappa shape index (κ3) is 5.26. The van der Waals surface area contributed by atoms with Gasteiger partial charge in [-0.1, -0.05) is 133 Å². The second-order valence-electron chi connectivity index (χ2n) is 13.9. The molecule has 2 heterocycles. The van der Waals surface area contributed by atoms with Gasteiger partial charge in [-0.05, 0) is 93.0 Å². The third-order valence-corrected chi connectivity index (χ3v) is 10.7. The Morgan fingerprint density at radius 3 is 1.82 bits per heavy atom. The standard InChI is InChI=1S/C51H32N2O2/c1-3-12-33(13-4-1)34-22-24-37(25-23-34)53(47-28-27-42(41-19-9-10-20-43(41)47)40-21-11-17-35-14-7-8-18-39(35)40)38-26-29-48-44(30-38)45-31-50-46(32-49(45)54-48)52-51(55-50)36-15-5-2-6-16-36/h1-32H. The zero-order valence-corrected chi connectivity index (χ0v) is 29.7. The van der Waals surface area contributed by atoms with E-state index in [2.05, 4.69) is 163 Å². The van der Waals surface area contributed by atoms with Gasteiger partial charge in [-0.15, -0.1) is 0 Å². The molecule has 0 amide bonds. The number of nitrogens with zero attached hydrogens (tertiary/aromatic N) is 2. The van der Waals surface area contributed by atoms with E-state index in [4.69, 9.17) is 13.8 Å². The molecule has 11 rings (SSSR count). The zero-order chi connectivity index (χ0) is 36.3. The van der Waals surface area contributed by atoms with Crippen LogP contribution in [0.1, 0.15) is 0 Å². The second-order valence-corrected chi connectivity index (χ2v) is 13.9. The van der Waals surface area contributed by atoms with Crippen molar-refractivity contribution in [2.24, 2.45) is 0 Å². The molecule has 2 aromatic heterocycles. The summed E-state index contributed by atoms with van der Waals surface area (Å²) < 4.78 is 12.8. The first kappa shape index (κ1) is 31.1. The summed E-state index contributed by atoms with van der Waals surface area (Å²) in [4.78, 5) is 7.16. The minimum absolute atomic E-state index is 0.595. The first-order valence-corrected chi connectivity index (χ1v) is 18.5. The van der Waals surface area contributed by atoms with Gasteiger partial charge in [0, 0.05) is 39.2 Å². The number of oxazole rings is 1. The molecule has 0 spiro atoms. The fourth-order valence-electron chi connectivity index (χ4n) is 8.06. The Kier molecular flexibility index (Phi) is 7.14. The molecule has 0 saturated heterocycles. The highest BCUT2D eigenvalue weighted by Crippen LogP contribution is 2.45. The maximum Gasteiger partial charge on any atom is 0.227 e. The predicted octanol–water partition coefficient (Wildman–Crippen LogP) is 14.5. The molecule has 4 heteroatoms. The minimum atomic E-state index is 0.595. The third-order valence-electron chi connectivity index (χ3n) is 10.7. The Hall–Kier alpha value is -7.43. The summed E-state index contributed by atoms with van der Waals surface area (Å²) >= 11 is 0. The van der Waals surface area contributed by atoms with Crippen LogP contribution in [-0.4, -0.2) is 4.98 Å². The fraction of sp³-hybridized carbons (Fsp3) is 0. The summed E-state index contributed by atoms with van der Waals surface area (Å²) in [5.74, 6) is 0.595. The minimum Gasteiger partial charge on any atom is -0.456 e. The van der Waals surface area contributed by atoms with Crippen LogP contribution in [0.3, 0.4) is 0 Å². The van der Waals surface area contributed by atoms with E-state index in [0.29, 0.717) is 5.89 Å². The van der Waals surface area contributed by atoms with Gasteiger partial charge in [-0.25, -0.2) is 4.98 Å². The van der Waals surface area contributed by atoms with Crippen molar-refractivity contribution in [2.45, 2.75) is 0 Å². The van der Waals surface area contributed by atoms with E-state index in [1.165, 1.54) is 38.4 Å². The van der Waals surface area contributed by atoms with Gasteiger partial charge >= 0.3 is 0 Å². The molecule has 11 aromatic rings. The maximum absolute atomic E-state index is 6.46. The monoisotopic (exact) mass is 704 g/mol. The van der Waals surface area contributed by atoms with Crippen LogP contribution >= 0.6 is 0 Å². The van der Waals surface area contributed by atoms with Gasteiger partial charge in [0.2, 0.25) is 5.89 Å². The number of hydrogen-bond acceptors (Lipinski definition) is 4. The molecular weight excluding hydrogens is 673 g/mol. The van der Waals surface area contributed by atoms with Gasteiger partial charge in [-0.3, -0.25) is 0 Å². The number of furan rings is 1. The zero-order valence-electron chi connectivity index (χ0n) is 29.7. The van der Waals surface area contributed by atoms with Gasteiger partial charge in [0.1, 0.15) is 16.7 Å². The molecule has 55 heavy (non-hydrogen) atoms. The highest BCUT2D eigenvalue weighted by Gasteiger charge is 2.21. The van der Waals surface area contributed by atoms with Crippen LogP contribution in [0.2, 0.25) is 0 Å². The van der Waals surface area contributed by atoms with Crippen molar-refractivity contribution in [1.29, 1.82) is 0 Å². The normalized spacial score (nSPS) is 11.6. The van der Waals surface area contributed by atoms with Crippen molar-refractivity contribution in [3.05, 3.63) is 194 Å². The molecule has 4 nitrogen and oxygen atoms in total. The average molecular weight is 705 g/mol. The predicted molar refractivity (Wildman–Crippen MR) is 227 cm³/mol. The van der Waals surface area contributed by atoms with Gasteiger partial charge in [0.05, 0.1) is 5.69 Å². The molecule has 258 valence electrons. The van der Waals surface area contributed by atoms with Crippen LogP contribution < -0.4 is 4.90 Å². The van der Waals surface area contributed by atoms with E-state index < -0.39 is 0 Å². The molecule has 0 fully saturated rings. The maximum atomic E-state index is 6.46. The summed E-state index contributed by atoms with van der Waals surface area (Å²) in [6.07, 6.45) is 0. The summed E-state index contributed by atoms with van der Waals surface area (Å²) in [5, 5.41) is 6.82. The van der Waals surface area contributed by atoms with Crippen molar-refractivity contribution in [3.63, 3.8) is 0 Å².